The summed E-state index contributed by atoms with van der Waals surface area (Å²) in [5.41, 5.74) is 1.95. The highest BCUT2D eigenvalue weighted by molar-refractivity contribution is 7.18. The SMILES string of the molecule is C=C/C=C\C=C(/C)c1n[nH]c(-c2ccc(-c3nc(-c4ccccc4)n[nH]3)s2)n1. The van der Waals surface area contributed by atoms with Crippen LogP contribution in [0.5, 0.6) is 0 Å². The summed E-state index contributed by atoms with van der Waals surface area (Å²) < 4.78 is 0. The highest BCUT2D eigenvalue weighted by atomic mass is 32.1. The van der Waals surface area contributed by atoms with Gasteiger partial charge in [-0.25, -0.2) is 9.97 Å². The van der Waals surface area contributed by atoms with E-state index in [0.29, 0.717) is 11.6 Å². The van der Waals surface area contributed by atoms with Crippen LogP contribution < -0.4 is 0 Å². The second-order valence-corrected chi connectivity index (χ2v) is 7.10. The summed E-state index contributed by atoms with van der Waals surface area (Å²) in [6.07, 6.45) is 7.46. The van der Waals surface area contributed by atoms with Gasteiger partial charge in [-0.1, -0.05) is 61.2 Å². The minimum atomic E-state index is 0.671. The molecule has 138 valence electrons. The maximum Gasteiger partial charge on any atom is 0.181 e. The van der Waals surface area contributed by atoms with Crippen molar-refractivity contribution in [2.24, 2.45) is 0 Å². The molecule has 0 radical (unpaired) electrons. The van der Waals surface area contributed by atoms with Crippen LogP contribution in [0, 0.1) is 0 Å². The van der Waals surface area contributed by atoms with Gasteiger partial charge in [-0.05, 0) is 24.6 Å². The molecule has 2 N–H and O–H groups in total. The van der Waals surface area contributed by atoms with E-state index in [0.717, 1.165) is 32.5 Å². The molecule has 0 aliphatic carbocycles. The number of allylic oxidation sites excluding steroid dienone is 5. The number of hydrogen-bond acceptors (Lipinski definition) is 5. The molecule has 1 aromatic carbocycles. The van der Waals surface area contributed by atoms with Crippen LogP contribution in [0.3, 0.4) is 0 Å². The average molecular weight is 386 g/mol. The molecule has 0 saturated carbocycles. The van der Waals surface area contributed by atoms with Gasteiger partial charge in [-0.3, -0.25) is 10.2 Å². The lowest BCUT2D eigenvalue weighted by Gasteiger charge is -1.92. The third-order valence-electron chi connectivity index (χ3n) is 4.02. The summed E-state index contributed by atoms with van der Waals surface area (Å²) in [5, 5.41) is 14.6. The largest absolute Gasteiger partial charge is 0.258 e. The smallest absolute Gasteiger partial charge is 0.181 e. The first-order chi connectivity index (χ1) is 13.7. The molecular formula is C21H18N6S. The van der Waals surface area contributed by atoms with E-state index in [-0.39, 0.29) is 0 Å². The van der Waals surface area contributed by atoms with Gasteiger partial charge in [0, 0.05) is 5.56 Å². The number of H-pyrrole nitrogens is 2. The fourth-order valence-corrected chi connectivity index (χ4v) is 3.47. The van der Waals surface area contributed by atoms with Gasteiger partial charge in [0.1, 0.15) is 0 Å². The first-order valence-corrected chi connectivity index (χ1v) is 9.53. The van der Waals surface area contributed by atoms with Gasteiger partial charge in [0.25, 0.3) is 0 Å². The molecule has 0 aliphatic heterocycles. The Labute approximate surface area is 166 Å². The van der Waals surface area contributed by atoms with Gasteiger partial charge in [-0.15, -0.1) is 11.3 Å². The molecule has 4 aromatic rings. The standard InChI is InChI=1S/C21H18N6S/c1-3-4-6-9-14(2)18-22-20(26-24-18)16-12-13-17(28-16)21-23-19(25-27-21)15-10-7-5-8-11-15/h3-13H,1H2,2H3,(H,22,24,26)(H,23,25,27)/b6-4-,14-9+. The van der Waals surface area contributed by atoms with Crippen LogP contribution in [0.1, 0.15) is 12.7 Å². The van der Waals surface area contributed by atoms with Crippen molar-refractivity contribution in [1.29, 1.82) is 0 Å². The van der Waals surface area contributed by atoms with Gasteiger partial charge < -0.3 is 0 Å². The van der Waals surface area contributed by atoms with Crippen LogP contribution in [-0.4, -0.2) is 30.4 Å². The summed E-state index contributed by atoms with van der Waals surface area (Å²) in [4.78, 5) is 11.2. The molecule has 0 aliphatic rings. The van der Waals surface area contributed by atoms with E-state index in [2.05, 4.69) is 36.9 Å². The zero-order chi connectivity index (χ0) is 19.3. The fraction of sp³-hybridized carbons (Fsp3) is 0.0476. The number of thiophene rings is 1. The highest BCUT2D eigenvalue weighted by Gasteiger charge is 2.13. The van der Waals surface area contributed by atoms with Gasteiger partial charge in [0.15, 0.2) is 23.3 Å². The third-order valence-corrected chi connectivity index (χ3v) is 5.12. The lowest BCUT2D eigenvalue weighted by Crippen LogP contribution is -1.82. The van der Waals surface area contributed by atoms with Crippen molar-refractivity contribution < 1.29 is 0 Å². The number of aromatic nitrogens is 6. The second kappa shape index (κ2) is 7.98. The van der Waals surface area contributed by atoms with E-state index >= 15 is 0 Å². The molecule has 0 spiro atoms. The lowest BCUT2D eigenvalue weighted by atomic mass is 10.2. The molecule has 0 saturated heterocycles. The molecule has 4 rings (SSSR count). The molecule has 7 heteroatoms. The van der Waals surface area contributed by atoms with Crippen LogP contribution in [-0.2, 0) is 0 Å². The van der Waals surface area contributed by atoms with Gasteiger partial charge in [-0.2, -0.15) is 10.2 Å². The lowest BCUT2D eigenvalue weighted by molar-refractivity contribution is 1.07. The Morgan fingerprint density at radius 3 is 2.39 bits per heavy atom. The Hall–Kier alpha value is -3.58. The fourth-order valence-electron chi connectivity index (χ4n) is 2.58. The normalized spacial score (nSPS) is 12.0. The van der Waals surface area contributed by atoms with Gasteiger partial charge >= 0.3 is 0 Å². The molecule has 0 fully saturated rings. The van der Waals surface area contributed by atoms with Crippen molar-refractivity contribution in [3.05, 3.63) is 79.2 Å². The Kier molecular flexibility index (Phi) is 5.07. The Balaban J connectivity index is 1.56. The minimum absolute atomic E-state index is 0.671. The summed E-state index contributed by atoms with van der Waals surface area (Å²) >= 11 is 1.58. The molecular weight excluding hydrogens is 368 g/mol. The van der Waals surface area contributed by atoms with Crippen LogP contribution in [0.15, 0.2) is 73.3 Å². The van der Waals surface area contributed by atoms with E-state index in [1.54, 1.807) is 17.4 Å². The van der Waals surface area contributed by atoms with Crippen molar-refractivity contribution in [3.8, 4) is 32.8 Å². The van der Waals surface area contributed by atoms with E-state index < -0.39 is 0 Å². The minimum Gasteiger partial charge on any atom is -0.258 e. The number of hydrogen-bond donors (Lipinski definition) is 2. The summed E-state index contributed by atoms with van der Waals surface area (Å²) in [5.74, 6) is 2.82. The van der Waals surface area contributed by atoms with Crippen LogP contribution in [0.2, 0.25) is 0 Å². The van der Waals surface area contributed by atoms with Crippen LogP contribution in [0.4, 0.5) is 0 Å². The monoisotopic (exact) mass is 386 g/mol. The first-order valence-electron chi connectivity index (χ1n) is 8.72. The van der Waals surface area contributed by atoms with E-state index in [4.69, 9.17) is 0 Å². The van der Waals surface area contributed by atoms with Crippen molar-refractivity contribution in [1.82, 2.24) is 30.4 Å². The zero-order valence-corrected chi connectivity index (χ0v) is 16.1. The Bertz CT molecular complexity index is 1150. The van der Waals surface area contributed by atoms with E-state index in [1.165, 1.54) is 0 Å². The summed E-state index contributed by atoms with van der Waals surface area (Å²) in [6.45, 7) is 5.63. The summed E-state index contributed by atoms with van der Waals surface area (Å²) in [6, 6.07) is 13.9. The maximum atomic E-state index is 4.61. The molecule has 3 aromatic heterocycles. The van der Waals surface area contributed by atoms with Crippen molar-refractivity contribution in [3.63, 3.8) is 0 Å². The Morgan fingerprint density at radius 1 is 0.929 bits per heavy atom. The quantitative estimate of drug-likeness (QED) is 0.450. The van der Waals surface area contributed by atoms with E-state index in [1.807, 2.05) is 67.6 Å². The highest BCUT2D eigenvalue weighted by Crippen LogP contribution is 2.32. The number of benzene rings is 1. The molecule has 6 nitrogen and oxygen atoms in total. The Morgan fingerprint density at radius 2 is 1.64 bits per heavy atom. The van der Waals surface area contributed by atoms with Crippen molar-refractivity contribution >= 4 is 16.9 Å². The zero-order valence-electron chi connectivity index (χ0n) is 15.3. The number of rotatable bonds is 6. The average Bonchev–Trinajstić information content (AvgIpc) is 3.48. The predicted octanol–water partition coefficient (Wildman–Crippen LogP) is 5.13. The van der Waals surface area contributed by atoms with Gasteiger partial charge in [0.2, 0.25) is 0 Å². The molecule has 0 amide bonds. The van der Waals surface area contributed by atoms with Crippen LogP contribution in [0.25, 0.3) is 38.4 Å². The number of aromatic amines is 2. The molecule has 28 heavy (non-hydrogen) atoms. The first kappa shape index (κ1) is 17.8. The van der Waals surface area contributed by atoms with E-state index in [9.17, 15) is 0 Å². The van der Waals surface area contributed by atoms with Crippen molar-refractivity contribution in [2.45, 2.75) is 6.92 Å². The predicted molar refractivity (Wildman–Crippen MR) is 113 cm³/mol. The third kappa shape index (κ3) is 3.74. The topological polar surface area (TPSA) is 83.1 Å². The van der Waals surface area contributed by atoms with Crippen LogP contribution >= 0.6 is 11.3 Å². The molecule has 0 atom stereocenters. The van der Waals surface area contributed by atoms with Gasteiger partial charge in [0.05, 0.1) is 9.75 Å². The molecule has 0 bridgehead atoms. The number of nitrogens with one attached hydrogen (secondary N) is 2. The number of nitrogens with zero attached hydrogens (tertiary/aromatic N) is 4. The maximum absolute atomic E-state index is 4.61. The molecule has 3 heterocycles. The second-order valence-electron chi connectivity index (χ2n) is 6.02. The molecule has 0 unspecified atom stereocenters. The summed E-state index contributed by atoms with van der Waals surface area (Å²) in [7, 11) is 0. The van der Waals surface area contributed by atoms with Crippen molar-refractivity contribution in [2.75, 3.05) is 0 Å².